The third kappa shape index (κ3) is 1.88. The van der Waals surface area contributed by atoms with Crippen LogP contribution < -0.4 is 0 Å². The third-order valence-electron chi connectivity index (χ3n) is 2.99. The van der Waals surface area contributed by atoms with Gasteiger partial charge in [0.05, 0.1) is 11.4 Å². The van der Waals surface area contributed by atoms with E-state index >= 15 is 0 Å². The molecule has 5 nitrogen and oxygen atoms in total. The molecule has 0 radical (unpaired) electrons. The Morgan fingerprint density at radius 2 is 2.44 bits per heavy atom. The topological polar surface area (TPSA) is 65.2 Å². The predicted molar refractivity (Wildman–Crippen MR) is 62.0 cm³/mol. The number of rotatable bonds is 2. The number of fused-ring (bicyclic) bond motifs is 1. The Balaban J connectivity index is 1.77. The summed E-state index contributed by atoms with van der Waals surface area (Å²) in [6, 6.07) is 5.47. The first kappa shape index (κ1) is 11.0. The molecule has 0 amide bonds. The van der Waals surface area contributed by atoms with E-state index in [0.29, 0.717) is 5.69 Å². The first-order chi connectivity index (χ1) is 8.74. The zero-order valence-corrected chi connectivity index (χ0v) is 9.92. The van der Waals surface area contributed by atoms with Crippen LogP contribution in [0.4, 0.5) is 0 Å². The largest absolute Gasteiger partial charge is 0.450 e. The van der Waals surface area contributed by atoms with Gasteiger partial charge in [0.15, 0.2) is 0 Å². The number of nitrogens with zero attached hydrogens (tertiary/aromatic N) is 2. The lowest BCUT2D eigenvalue weighted by molar-refractivity contribution is 0.0247. The average molecular weight is 244 g/mol. The molecule has 0 spiro atoms. The third-order valence-corrected chi connectivity index (χ3v) is 2.99. The van der Waals surface area contributed by atoms with Crippen molar-refractivity contribution in [2.24, 2.45) is 0 Å². The molecule has 18 heavy (non-hydrogen) atoms. The Bertz CT molecular complexity index is 591. The summed E-state index contributed by atoms with van der Waals surface area (Å²) in [6.07, 6.45) is 3.09. The van der Waals surface area contributed by atoms with Crippen molar-refractivity contribution < 1.29 is 14.1 Å². The molecule has 92 valence electrons. The van der Waals surface area contributed by atoms with Crippen LogP contribution in [0.5, 0.6) is 0 Å². The second kappa shape index (κ2) is 4.25. The van der Waals surface area contributed by atoms with Crippen LogP contribution in [0.1, 0.15) is 40.0 Å². The summed E-state index contributed by atoms with van der Waals surface area (Å²) in [6.45, 7) is 1.76. The maximum atomic E-state index is 11.8. The van der Waals surface area contributed by atoms with Gasteiger partial charge in [-0.25, -0.2) is 4.79 Å². The van der Waals surface area contributed by atoms with Gasteiger partial charge in [0.2, 0.25) is 5.76 Å². The number of aryl methyl sites for hydroxylation is 2. The fourth-order valence-corrected chi connectivity index (χ4v) is 2.14. The molecule has 0 bridgehead atoms. The summed E-state index contributed by atoms with van der Waals surface area (Å²) in [5.74, 6) is -0.351. The van der Waals surface area contributed by atoms with E-state index in [1.54, 1.807) is 19.2 Å². The summed E-state index contributed by atoms with van der Waals surface area (Å²) >= 11 is 0. The van der Waals surface area contributed by atoms with Crippen molar-refractivity contribution >= 4 is 5.97 Å². The monoisotopic (exact) mass is 244 g/mol. The van der Waals surface area contributed by atoms with Crippen LogP contribution in [0.15, 0.2) is 28.9 Å². The zero-order chi connectivity index (χ0) is 12.5. The van der Waals surface area contributed by atoms with Gasteiger partial charge in [0.1, 0.15) is 6.10 Å². The molecule has 0 N–H and O–H groups in total. The molecule has 0 aromatic carbocycles. The summed E-state index contributed by atoms with van der Waals surface area (Å²) in [7, 11) is 0. The van der Waals surface area contributed by atoms with E-state index < -0.39 is 5.97 Å². The molecule has 0 fully saturated rings. The Kier molecular flexibility index (Phi) is 2.59. The Morgan fingerprint density at radius 3 is 3.22 bits per heavy atom. The highest BCUT2D eigenvalue weighted by Gasteiger charge is 2.28. The summed E-state index contributed by atoms with van der Waals surface area (Å²) in [5.41, 5.74) is 2.65. The first-order valence-corrected chi connectivity index (χ1v) is 5.82. The van der Waals surface area contributed by atoms with Crippen LogP contribution >= 0.6 is 0 Å². The molecule has 1 atom stereocenters. The SMILES string of the molecule is Cc1cc(C(=O)OC2CCc3cccnc32)on1. The molecular weight excluding hydrogens is 232 g/mol. The molecule has 0 saturated heterocycles. The number of pyridine rings is 1. The normalized spacial score (nSPS) is 17.5. The van der Waals surface area contributed by atoms with Crippen molar-refractivity contribution in [1.82, 2.24) is 10.1 Å². The van der Waals surface area contributed by atoms with Crippen LogP contribution in [0, 0.1) is 6.92 Å². The maximum absolute atomic E-state index is 11.8. The number of hydrogen-bond donors (Lipinski definition) is 0. The number of carbonyl (C=O) groups is 1. The Morgan fingerprint density at radius 1 is 1.56 bits per heavy atom. The van der Waals surface area contributed by atoms with Gasteiger partial charge in [-0.1, -0.05) is 11.2 Å². The molecule has 3 rings (SSSR count). The van der Waals surface area contributed by atoms with E-state index in [-0.39, 0.29) is 11.9 Å². The van der Waals surface area contributed by atoms with Crippen molar-refractivity contribution in [3.63, 3.8) is 0 Å². The fourth-order valence-electron chi connectivity index (χ4n) is 2.14. The van der Waals surface area contributed by atoms with Gasteiger partial charge >= 0.3 is 5.97 Å². The van der Waals surface area contributed by atoms with Gasteiger partial charge in [-0.3, -0.25) is 4.98 Å². The van der Waals surface area contributed by atoms with Gasteiger partial charge in [-0.2, -0.15) is 0 Å². The standard InChI is InChI=1S/C13H12N2O3/c1-8-7-11(18-15-8)13(16)17-10-5-4-9-3-2-6-14-12(9)10/h2-3,6-7,10H,4-5H2,1H3. The van der Waals surface area contributed by atoms with Crippen molar-refractivity contribution in [3.8, 4) is 0 Å². The van der Waals surface area contributed by atoms with Crippen molar-refractivity contribution in [3.05, 3.63) is 47.1 Å². The highest BCUT2D eigenvalue weighted by Crippen LogP contribution is 2.32. The molecular formula is C13H12N2O3. The maximum Gasteiger partial charge on any atom is 0.377 e. The van der Waals surface area contributed by atoms with E-state index in [4.69, 9.17) is 9.26 Å². The van der Waals surface area contributed by atoms with E-state index in [1.165, 1.54) is 0 Å². The molecule has 0 aliphatic heterocycles. The predicted octanol–water partition coefficient (Wildman–Crippen LogP) is 2.22. The molecule has 1 unspecified atom stereocenters. The average Bonchev–Trinajstić information content (AvgIpc) is 2.97. The first-order valence-electron chi connectivity index (χ1n) is 5.82. The van der Waals surface area contributed by atoms with Crippen molar-refractivity contribution in [2.45, 2.75) is 25.9 Å². The van der Waals surface area contributed by atoms with Crippen LogP contribution in [-0.2, 0) is 11.2 Å². The lowest BCUT2D eigenvalue weighted by atomic mass is 10.2. The second-order valence-corrected chi connectivity index (χ2v) is 4.31. The van der Waals surface area contributed by atoms with Crippen LogP contribution in [0.25, 0.3) is 0 Å². The van der Waals surface area contributed by atoms with Crippen LogP contribution in [0.2, 0.25) is 0 Å². The van der Waals surface area contributed by atoms with Gasteiger partial charge < -0.3 is 9.26 Å². The Hall–Kier alpha value is -2.17. The number of carbonyl (C=O) groups excluding carboxylic acids is 1. The lowest BCUT2D eigenvalue weighted by Crippen LogP contribution is -2.09. The van der Waals surface area contributed by atoms with E-state index in [0.717, 1.165) is 24.1 Å². The van der Waals surface area contributed by atoms with Gasteiger partial charge in [-0.05, 0) is 31.4 Å². The lowest BCUT2D eigenvalue weighted by Gasteiger charge is -2.10. The zero-order valence-electron chi connectivity index (χ0n) is 9.92. The number of aromatic nitrogens is 2. The van der Waals surface area contributed by atoms with E-state index in [9.17, 15) is 4.79 Å². The summed E-state index contributed by atoms with van der Waals surface area (Å²) in [5, 5.41) is 3.67. The highest BCUT2D eigenvalue weighted by molar-refractivity contribution is 5.86. The molecule has 0 saturated carbocycles. The van der Waals surface area contributed by atoms with Crippen molar-refractivity contribution in [2.75, 3.05) is 0 Å². The molecule has 2 aromatic heterocycles. The van der Waals surface area contributed by atoms with Gasteiger partial charge in [0, 0.05) is 12.3 Å². The minimum absolute atomic E-state index is 0.136. The molecule has 1 aliphatic rings. The number of hydrogen-bond acceptors (Lipinski definition) is 5. The van der Waals surface area contributed by atoms with Gasteiger partial charge in [-0.15, -0.1) is 0 Å². The minimum Gasteiger partial charge on any atom is -0.450 e. The van der Waals surface area contributed by atoms with Gasteiger partial charge in [0.25, 0.3) is 0 Å². The Labute approximate surface area is 104 Å². The molecule has 1 aliphatic carbocycles. The summed E-state index contributed by atoms with van der Waals surface area (Å²) in [4.78, 5) is 16.1. The number of ether oxygens (including phenoxy) is 1. The second-order valence-electron chi connectivity index (χ2n) is 4.31. The van der Waals surface area contributed by atoms with Crippen LogP contribution in [0.3, 0.4) is 0 Å². The fraction of sp³-hybridized carbons (Fsp3) is 0.308. The van der Waals surface area contributed by atoms with E-state index in [2.05, 4.69) is 10.1 Å². The van der Waals surface area contributed by atoms with Crippen LogP contribution in [-0.4, -0.2) is 16.1 Å². The van der Waals surface area contributed by atoms with Crippen molar-refractivity contribution in [1.29, 1.82) is 0 Å². The smallest absolute Gasteiger partial charge is 0.377 e. The highest BCUT2D eigenvalue weighted by atomic mass is 16.6. The quantitative estimate of drug-likeness (QED) is 0.758. The minimum atomic E-state index is -0.487. The summed E-state index contributed by atoms with van der Waals surface area (Å²) < 4.78 is 10.3. The molecule has 5 heteroatoms. The number of esters is 1. The van der Waals surface area contributed by atoms with E-state index in [1.807, 2.05) is 12.1 Å². The molecule has 2 aromatic rings. The molecule has 2 heterocycles.